The Hall–Kier alpha value is -1.37. The smallest absolute Gasteiger partial charge is 0.164 e. The molecule has 1 fully saturated rings. The van der Waals surface area contributed by atoms with Gasteiger partial charge in [-0.15, -0.1) is 0 Å². The molecule has 1 aliphatic heterocycles. The van der Waals surface area contributed by atoms with Crippen molar-refractivity contribution in [1.82, 2.24) is 4.90 Å². The van der Waals surface area contributed by atoms with Crippen molar-refractivity contribution in [2.24, 2.45) is 0 Å². The lowest BCUT2D eigenvalue weighted by molar-refractivity contribution is 0.0572. The van der Waals surface area contributed by atoms with Gasteiger partial charge in [-0.2, -0.15) is 0 Å². The Labute approximate surface area is 109 Å². The third-order valence-corrected chi connectivity index (χ3v) is 3.17. The summed E-state index contributed by atoms with van der Waals surface area (Å²) in [5.41, 5.74) is -0.00204. The molecule has 1 aromatic rings. The Morgan fingerprint density at radius 2 is 1.68 bits per heavy atom. The highest BCUT2D eigenvalue weighted by atomic mass is 19.1. The van der Waals surface area contributed by atoms with Gasteiger partial charge in [0.25, 0.3) is 0 Å². The van der Waals surface area contributed by atoms with Crippen molar-refractivity contribution in [2.75, 3.05) is 19.6 Å². The summed E-state index contributed by atoms with van der Waals surface area (Å²) in [4.78, 5) is 13.5. The average Bonchev–Trinajstić information content (AvgIpc) is 2.64. The van der Waals surface area contributed by atoms with Crippen molar-refractivity contribution in [3.05, 3.63) is 35.4 Å². The predicted molar refractivity (Wildman–Crippen MR) is 63.8 cm³/mol. The first kappa shape index (κ1) is 14.0. The quantitative estimate of drug-likeness (QED) is 0.786. The zero-order valence-electron chi connectivity index (χ0n) is 10.2. The fourth-order valence-electron chi connectivity index (χ4n) is 2.15. The number of benzene rings is 1. The van der Waals surface area contributed by atoms with Gasteiger partial charge >= 0.3 is 0 Å². The van der Waals surface area contributed by atoms with Gasteiger partial charge in [0.05, 0.1) is 12.2 Å². The van der Waals surface area contributed by atoms with Crippen LogP contribution in [0.15, 0.2) is 18.2 Å². The summed E-state index contributed by atoms with van der Waals surface area (Å²) >= 11 is 0. The van der Waals surface area contributed by atoms with Gasteiger partial charge in [-0.3, -0.25) is 9.69 Å². The molecule has 19 heavy (non-hydrogen) atoms. The van der Waals surface area contributed by atoms with Crippen molar-refractivity contribution in [3.8, 4) is 0 Å². The molecule has 1 aromatic carbocycles. The largest absolute Gasteiger partial charge is 0.389 e. The molecule has 0 amide bonds. The number of likely N-dealkylation sites (tertiary alicyclic amines) is 1. The summed E-state index contributed by atoms with van der Waals surface area (Å²) in [7, 11) is 0. The van der Waals surface area contributed by atoms with Gasteiger partial charge < -0.3 is 10.2 Å². The molecule has 0 aromatic heterocycles. The summed E-state index contributed by atoms with van der Waals surface area (Å²) in [6.45, 7) is 0.934. The fraction of sp³-hybridized carbons (Fsp3) is 0.462. The second-order valence-corrected chi connectivity index (χ2v) is 4.73. The molecule has 0 radical (unpaired) electrons. The highest BCUT2D eigenvalue weighted by Crippen LogP contribution is 2.13. The summed E-state index contributed by atoms with van der Waals surface area (Å²) in [6.07, 6.45) is -1.52. The van der Waals surface area contributed by atoms with Crippen molar-refractivity contribution >= 4 is 5.78 Å². The number of halogens is 2. The van der Waals surface area contributed by atoms with E-state index in [1.807, 2.05) is 0 Å². The van der Waals surface area contributed by atoms with Crippen molar-refractivity contribution in [3.63, 3.8) is 0 Å². The predicted octanol–water partition coefficient (Wildman–Crippen LogP) is 0.575. The molecule has 2 atom stereocenters. The SMILES string of the molecule is O=C(CCN1CC(O)C(O)C1)c1cc(F)cc(F)c1. The number of ketones is 1. The zero-order chi connectivity index (χ0) is 14.0. The molecule has 0 bridgehead atoms. The van der Waals surface area contributed by atoms with E-state index >= 15 is 0 Å². The molecule has 2 rings (SSSR count). The Morgan fingerprint density at radius 3 is 2.21 bits per heavy atom. The van der Waals surface area contributed by atoms with Crippen LogP contribution in [0.3, 0.4) is 0 Å². The van der Waals surface area contributed by atoms with Crippen LogP contribution < -0.4 is 0 Å². The van der Waals surface area contributed by atoms with Crippen LogP contribution in [0.4, 0.5) is 8.78 Å². The molecule has 0 saturated carbocycles. The average molecular weight is 271 g/mol. The van der Waals surface area contributed by atoms with Crippen LogP contribution in [-0.4, -0.2) is 52.7 Å². The van der Waals surface area contributed by atoms with E-state index in [9.17, 15) is 23.8 Å². The first-order valence-corrected chi connectivity index (χ1v) is 6.03. The Bertz CT molecular complexity index is 451. The van der Waals surface area contributed by atoms with Crippen LogP contribution in [0.2, 0.25) is 0 Å². The number of rotatable bonds is 4. The second-order valence-electron chi connectivity index (χ2n) is 4.73. The third-order valence-electron chi connectivity index (χ3n) is 3.17. The monoisotopic (exact) mass is 271 g/mol. The fourth-order valence-corrected chi connectivity index (χ4v) is 2.15. The minimum absolute atomic E-state index is 0.00204. The molecule has 1 saturated heterocycles. The molecule has 1 aliphatic rings. The highest BCUT2D eigenvalue weighted by Gasteiger charge is 2.29. The van der Waals surface area contributed by atoms with Gasteiger partial charge in [0.2, 0.25) is 0 Å². The number of carbonyl (C=O) groups excluding carboxylic acids is 1. The zero-order valence-corrected chi connectivity index (χ0v) is 10.2. The lowest BCUT2D eigenvalue weighted by Crippen LogP contribution is -2.25. The van der Waals surface area contributed by atoms with Crippen molar-refractivity contribution < 1.29 is 23.8 Å². The number of Topliss-reactive ketones (excluding diaryl/α,β-unsaturated/α-hetero) is 1. The molecular weight excluding hydrogens is 256 g/mol. The number of hydrogen-bond acceptors (Lipinski definition) is 4. The topological polar surface area (TPSA) is 60.8 Å². The van der Waals surface area contributed by atoms with Gasteiger partial charge in [0.1, 0.15) is 11.6 Å². The van der Waals surface area contributed by atoms with Crippen LogP contribution in [0, 0.1) is 11.6 Å². The number of hydrogen-bond donors (Lipinski definition) is 2. The first-order chi connectivity index (χ1) is 8.95. The standard InChI is InChI=1S/C13H15F2NO3/c14-9-3-8(4-10(15)5-9)11(17)1-2-16-6-12(18)13(19)7-16/h3-5,12-13,18-19H,1-2,6-7H2. The molecule has 6 heteroatoms. The van der Waals surface area contributed by atoms with Crippen LogP contribution >= 0.6 is 0 Å². The maximum atomic E-state index is 13.0. The second kappa shape index (κ2) is 5.73. The van der Waals surface area contributed by atoms with Gasteiger partial charge in [-0.1, -0.05) is 0 Å². The van der Waals surface area contributed by atoms with Crippen molar-refractivity contribution in [1.29, 1.82) is 0 Å². The molecule has 104 valence electrons. The van der Waals surface area contributed by atoms with E-state index < -0.39 is 23.8 Å². The van der Waals surface area contributed by atoms with Crippen molar-refractivity contribution in [2.45, 2.75) is 18.6 Å². The first-order valence-electron chi connectivity index (χ1n) is 6.03. The van der Waals surface area contributed by atoms with E-state index in [4.69, 9.17) is 0 Å². The summed E-state index contributed by atoms with van der Waals surface area (Å²) in [5, 5.41) is 18.7. The number of aliphatic hydroxyl groups excluding tert-OH is 2. The molecule has 0 aliphatic carbocycles. The number of β-amino-alcohol motifs (C(OH)–C–C–N with tert-alkyl or cyclic N) is 2. The van der Waals surface area contributed by atoms with Crippen LogP contribution in [0.5, 0.6) is 0 Å². The van der Waals surface area contributed by atoms with E-state index in [1.54, 1.807) is 4.90 Å². The molecule has 2 unspecified atom stereocenters. The molecule has 0 spiro atoms. The normalized spacial score (nSPS) is 23.8. The lowest BCUT2D eigenvalue weighted by atomic mass is 10.1. The van der Waals surface area contributed by atoms with Gasteiger partial charge in [-0.05, 0) is 12.1 Å². The van der Waals surface area contributed by atoms with Gasteiger partial charge in [-0.25, -0.2) is 8.78 Å². The van der Waals surface area contributed by atoms with E-state index in [-0.39, 0.29) is 17.8 Å². The molecular formula is C13H15F2NO3. The third kappa shape index (κ3) is 3.56. The van der Waals surface area contributed by atoms with E-state index in [0.29, 0.717) is 25.7 Å². The van der Waals surface area contributed by atoms with Gasteiger partial charge in [0, 0.05) is 37.7 Å². The maximum Gasteiger partial charge on any atom is 0.164 e. The van der Waals surface area contributed by atoms with E-state index in [1.165, 1.54) is 0 Å². The molecule has 4 nitrogen and oxygen atoms in total. The molecule has 2 N–H and O–H groups in total. The van der Waals surface area contributed by atoms with Crippen LogP contribution in [0.25, 0.3) is 0 Å². The Kier molecular flexibility index (Phi) is 4.24. The highest BCUT2D eigenvalue weighted by molar-refractivity contribution is 5.96. The summed E-state index contributed by atoms with van der Waals surface area (Å²) < 4.78 is 25.9. The Balaban J connectivity index is 1.91. The Morgan fingerprint density at radius 1 is 1.16 bits per heavy atom. The maximum absolute atomic E-state index is 13.0. The number of nitrogens with zero attached hydrogens (tertiary/aromatic N) is 1. The molecule has 1 heterocycles. The van der Waals surface area contributed by atoms with Crippen LogP contribution in [-0.2, 0) is 0 Å². The van der Waals surface area contributed by atoms with Crippen LogP contribution in [0.1, 0.15) is 16.8 Å². The minimum Gasteiger partial charge on any atom is -0.389 e. The summed E-state index contributed by atoms with van der Waals surface area (Å²) in [5.74, 6) is -1.93. The minimum atomic E-state index is -0.804. The number of aliphatic hydroxyl groups is 2. The lowest BCUT2D eigenvalue weighted by Gasteiger charge is -2.13. The summed E-state index contributed by atoms with van der Waals surface area (Å²) in [6, 6.07) is 2.71. The van der Waals surface area contributed by atoms with Gasteiger partial charge in [0.15, 0.2) is 5.78 Å². The number of carbonyl (C=O) groups is 1. The van der Waals surface area contributed by atoms with E-state index in [0.717, 1.165) is 12.1 Å². The van der Waals surface area contributed by atoms with E-state index in [2.05, 4.69) is 0 Å².